The van der Waals surface area contributed by atoms with E-state index >= 15 is 0 Å². The predicted octanol–water partition coefficient (Wildman–Crippen LogP) is 1.46. The molecule has 117 valence electrons. The van der Waals surface area contributed by atoms with Gasteiger partial charge in [0.2, 0.25) is 0 Å². The third kappa shape index (κ3) is 6.74. The van der Waals surface area contributed by atoms with E-state index in [4.69, 9.17) is 4.74 Å². The summed E-state index contributed by atoms with van der Waals surface area (Å²) >= 11 is 0. The Hall–Kier alpha value is -2.11. The van der Waals surface area contributed by atoms with E-state index in [1.54, 1.807) is 13.3 Å². The van der Waals surface area contributed by atoms with E-state index in [0.717, 1.165) is 0 Å². The Morgan fingerprint density at radius 3 is 2.14 bits per heavy atom. The maximum Gasteiger partial charge on any atom is 0.330 e. The second-order valence-corrected chi connectivity index (χ2v) is 4.01. The molecule has 0 aliphatic heterocycles. The third-order valence-corrected chi connectivity index (χ3v) is 2.67. The Bertz CT molecular complexity index is 383. The number of rotatable bonds is 9. The van der Waals surface area contributed by atoms with Crippen LogP contribution in [0.25, 0.3) is 0 Å². The quantitative estimate of drug-likeness (QED) is 0.277. The summed E-state index contributed by atoms with van der Waals surface area (Å²) < 4.78 is 14.0. The zero-order chi connectivity index (χ0) is 16.3. The van der Waals surface area contributed by atoms with E-state index in [0.29, 0.717) is 0 Å². The fraction of sp³-hybridized carbons (Fsp3) is 0.467. The van der Waals surface area contributed by atoms with E-state index < -0.39 is 29.7 Å². The number of carbonyl (C=O) groups is 3. The predicted molar refractivity (Wildman–Crippen MR) is 75.9 cm³/mol. The number of allylic oxidation sites excluding steroid dienone is 2. The number of carbonyl (C=O) groups excluding carboxylic acids is 3. The molecule has 6 heteroatoms. The monoisotopic (exact) mass is 297 g/mol. The van der Waals surface area contributed by atoms with Gasteiger partial charge in [0.25, 0.3) is 0 Å². The molecule has 0 amide bonds. The number of hydrogen-bond donors (Lipinski definition) is 0. The highest BCUT2D eigenvalue weighted by molar-refractivity contribution is 5.95. The standard InChI is InChI=1S/C15H21O6/c1-5-8-11(9-7-10-12(16)21-6-2)13(14(17)19-3)15(18)20-4/h5,7-8,10-11,13H,1,6,9H2,2-4H3/b10-7+/t11-/m0/s1. The van der Waals surface area contributed by atoms with Gasteiger partial charge in [0.05, 0.1) is 20.8 Å². The molecule has 0 saturated heterocycles. The first kappa shape index (κ1) is 18.9. The topological polar surface area (TPSA) is 78.9 Å². The van der Waals surface area contributed by atoms with Gasteiger partial charge in [0.1, 0.15) is 0 Å². The Kier molecular flexibility index (Phi) is 9.58. The molecule has 0 aromatic heterocycles. The minimum atomic E-state index is -1.11. The van der Waals surface area contributed by atoms with Crippen LogP contribution < -0.4 is 0 Å². The maximum absolute atomic E-state index is 11.7. The summed E-state index contributed by atoms with van der Waals surface area (Å²) in [6.07, 6.45) is 6.11. The zero-order valence-corrected chi connectivity index (χ0v) is 12.5. The molecule has 0 N–H and O–H groups in total. The Balaban J connectivity index is 4.97. The first-order valence-electron chi connectivity index (χ1n) is 6.46. The largest absolute Gasteiger partial charge is 0.468 e. The molecule has 0 aromatic carbocycles. The van der Waals surface area contributed by atoms with Crippen LogP contribution in [0, 0.1) is 18.3 Å². The van der Waals surface area contributed by atoms with Crippen LogP contribution in [0.5, 0.6) is 0 Å². The SMILES string of the molecule is C=C[CH][C@@H](C/C=C/C(=O)OCC)C(C(=O)OC)C(=O)OC. The number of ether oxygens (including phenoxy) is 3. The first-order chi connectivity index (χ1) is 10.0. The molecule has 0 bridgehead atoms. The lowest BCUT2D eigenvalue weighted by atomic mass is 9.86. The summed E-state index contributed by atoms with van der Waals surface area (Å²) in [5.74, 6) is -3.51. The van der Waals surface area contributed by atoms with Gasteiger partial charge >= 0.3 is 17.9 Å². The second kappa shape index (κ2) is 10.7. The van der Waals surface area contributed by atoms with Gasteiger partial charge in [-0.05, 0) is 25.7 Å². The lowest BCUT2D eigenvalue weighted by Gasteiger charge is -2.20. The van der Waals surface area contributed by atoms with E-state index in [9.17, 15) is 14.4 Å². The van der Waals surface area contributed by atoms with Crippen molar-refractivity contribution in [2.75, 3.05) is 20.8 Å². The van der Waals surface area contributed by atoms with Gasteiger partial charge in [-0.25, -0.2) is 4.79 Å². The molecular weight excluding hydrogens is 276 g/mol. The Morgan fingerprint density at radius 1 is 1.14 bits per heavy atom. The number of hydrogen-bond acceptors (Lipinski definition) is 6. The van der Waals surface area contributed by atoms with E-state index in [-0.39, 0.29) is 13.0 Å². The van der Waals surface area contributed by atoms with Gasteiger partial charge in [-0.2, -0.15) is 0 Å². The fourth-order valence-corrected chi connectivity index (χ4v) is 1.71. The average Bonchev–Trinajstić information content (AvgIpc) is 2.47. The summed E-state index contributed by atoms with van der Waals surface area (Å²) in [5, 5.41) is 0. The van der Waals surface area contributed by atoms with Gasteiger partial charge in [-0.3, -0.25) is 9.59 Å². The third-order valence-electron chi connectivity index (χ3n) is 2.67. The number of esters is 3. The smallest absolute Gasteiger partial charge is 0.330 e. The summed E-state index contributed by atoms with van der Waals surface area (Å²) in [7, 11) is 2.38. The van der Waals surface area contributed by atoms with Crippen molar-refractivity contribution in [2.45, 2.75) is 13.3 Å². The van der Waals surface area contributed by atoms with Crippen molar-refractivity contribution in [2.24, 2.45) is 11.8 Å². The molecule has 6 nitrogen and oxygen atoms in total. The Labute approximate surface area is 124 Å². The molecule has 0 aliphatic carbocycles. The van der Waals surface area contributed by atoms with E-state index in [2.05, 4.69) is 16.1 Å². The molecule has 0 unspecified atom stereocenters. The minimum Gasteiger partial charge on any atom is -0.468 e. The maximum atomic E-state index is 11.7. The van der Waals surface area contributed by atoms with Crippen LogP contribution >= 0.6 is 0 Å². The summed E-state index contributed by atoms with van der Waals surface area (Å²) in [5.41, 5.74) is 0. The van der Waals surface area contributed by atoms with Crippen LogP contribution in [0.4, 0.5) is 0 Å². The second-order valence-electron chi connectivity index (χ2n) is 4.01. The normalized spacial score (nSPS) is 12.0. The molecular formula is C15H21O6. The molecule has 21 heavy (non-hydrogen) atoms. The number of methoxy groups -OCH3 is 2. The van der Waals surface area contributed by atoms with Crippen molar-refractivity contribution in [1.29, 1.82) is 0 Å². The lowest BCUT2D eigenvalue weighted by Crippen LogP contribution is -2.33. The van der Waals surface area contributed by atoms with Crippen LogP contribution in [0.2, 0.25) is 0 Å². The summed E-state index contributed by atoms with van der Waals surface area (Å²) in [6, 6.07) is 0. The molecule has 0 aliphatic rings. The van der Waals surface area contributed by atoms with Crippen LogP contribution in [-0.4, -0.2) is 38.7 Å². The molecule has 1 radical (unpaired) electrons. The van der Waals surface area contributed by atoms with E-state index in [1.807, 2.05) is 0 Å². The zero-order valence-electron chi connectivity index (χ0n) is 12.5. The molecule has 0 aromatic rings. The van der Waals surface area contributed by atoms with Crippen LogP contribution in [0.1, 0.15) is 13.3 Å². The lowest BCUT2D eigenvalue weighted by molar-refractivity contribution is -0.160. The molecule has 0 fully saturated rings. The minimum absolute atomic E-state index is 0.264. The fourth-order valence-electron chi connectivity index (χ4n) is 1.71. The van der Waals surface area contributed by atoms with Crippen molar-refractivity contribution in [3.63, 3.8) is 0 Å². The van der Waals surface area contributed by atoms with Crippen LogP contribution in [-0.2, 0) is 28.6 Å². The first-order valence-corrected chi connectivity index (χ1v) is 6.46. The van der Waals surface area contributed by atoms with Crippen molar-refractivity contribution in [1.82, 2.24) is 0 Å². The van der Waals surface area contributed by atoms with Crippen molar-refractivity contribution < 1.29 is 28.6 Å². The van der Waals surface area contributed by atoms with Gasteiger partial charge in [0, 0.05) is 6.08 Å². The molecule has 0 heterocycles. The molecule has 0 spiro atoms. The van der Waals surface area contributed by atoms with Gasteiger partial charge < -0.3 is 14.2 Å². The van der Waals surface area contributed by atoms with E-state index in [1.165, 1.54) is 32.4 Å². The van der Waals surface area contributed by atoms with Crippen LogP contribution in [0.3, 0.4) is 0 Å². The average molecular weight is 297 g/mol. The Morgan fingerprint density at radius 2 is 1.71 bits per heavy atom. The molecule has 0 saturated carbocycles. The van der Waals surface area contributed by atoms with Crippen molar-refractivity contribution >= 4 is 17.9 Å². The molecule has 1 atom stereocenters. The summed E-state index contributed by atoms with van der Waals surface area (Å²) in [6.45, 7) is 5.53. The van der Waals surface area contributed by atoms with Crippen LogP contribution in [0.15, 0.2) is 24.8 Å². The highest BCUT2D eigenvalue weighted by Gasteiger charge is 2.35. The van der Waals surface area contributed by atoms with Crippen molar-refractivity contribution in [3.05, 3.63) is 31.2 Å². The summed E-state index contributed by atoms with van der Waals surface area (Å²) in [4.78, 5) is 34.7. The highest BCUT2D eigenvalue weighted by atomic mass is 16.5. The molecule has 0 rings (SSSR count). The van der Waals surface area contributed by atoms with Gasteiger partial charge in [0.15, 0.2) is 5.92 Å². The van der Waals surface area contributed by atoms with Gasteiger partial charge in [-0.1, -0.05) is 12.2 Å². The highest BCUT2D eigenvalue weighted by Crippen LogP contribution is 2.23. The van der Waals surface area contributed by atoms with Crippen molar-refractivity contribution in [3.8, 4) is 0 Å². The van der Waals surface area contributed by atoms with Gasteiger partial charge in [-0.15, -0.1) is 6.58 Å².